The Morgan fingerprint density at radius 1 is 1.08 bits per heavy atom. The summed E-state index contributed by atoms with van der Waals surface area (Å²) in [6, 6.07) is 17.8. The molecule has 0 saturated heterocycles. The van der Waals surface area contributed by atoms with Crippen LogP contribution in [0.1, 0.15) is 47.2 Å². The molecule has 0 saturated carbocycles. The van der Waals surface area contributed by atoms with Gasteiger partial charge in [0.1, 0.15) is 11.8 Å². The molecule has 0 aliphatic carbocycles. The number of hydrogen-bond acceptors (Lipinski definition) is 6. The molecule has 1 aliphatic rings. The van der Waals surface area contributed by atoms with E-state index in [4.69, 9.17) is 16.3 Å². The fraction of sp³-hybridized carbons (Fsp3) is 0.368. The van der Waals surface area contributed by atoms with Crippen molar-refractivity contribution in [3.8, 4) is 16.9 Å². The summed E-state index contributed by atoms with van der Waals surface area (Å²) < 4.78 is 8.44. The van der Waals surface area contributed by atoms with E-state index < -0.39 is 17.9 Å². The summed E-state index contributed by atoms with van der Waals surface area (Å²) >= 11 is 7.94. The van der Waals surface area contributed by atoms with Gasteiger partial charge in [-0.2, -0.15) is 5.10 Å². The molecule has 0 radical (unpaired) electrons. The highest BCUT2D eigenvalue weighted by molar-refractivity contribution is 7.99. The molecular weight excluding hydrogens is 674 g/mol. The summed E-state index contributed by atoms with van der Waals surface area (Å²) in [6.07, 6.45) is 5.79. The normalized spacial score (nSPS) is 13.4. The number of carbonyl (C=O) groups is 3. The molecule has 264 valence electrons. The SMILES string of the molecule is Cc1c(Cl)cccc1OCCCC(=O)N1CCSc2c(-c3cnn(Cc4cccc(C(=O)NC(CCC[N+](C)(C)C)C(=O)O)c4)c3)cccc21. The fourth-order valence-electron chi connectivity index (χ4n) is 5.88. The number of aliphatic carboxylic acids is 1. The fourth-order valence-corrected chi connectivity index (χ4v) is 7.19. The number of nitrogens with zero attached hydrogens (tertiary/aromatic N) is 4. The van der Waals surface area contributed by atoms with Crippen LogP contribution in [0.25, 0.3) is 11.1 Å². The van der Waals surface area contributed by atoms with Gasteiger partial charge in [-0.05, 0) is 62.1 Å². The second kappa shape index (κ2) is 16.6. The maximum absolute atomic E-state index is 13.4. The third kappa shape index (κ3) is 9.68. The third-order valence-corrected chi connectivity index (χ3v) is 10.1. The molecule has 12 heteroatoms. The summed E-state index contributed by atoms with van der Waals surface area (Å²) in [7, 11) is 6.16. The van der Waals surface area contributed by atoms with Crippen molar-refractivity contribution >= 4 is 46.8 Å². The number of halogens is 1. The van der Waals surface area contributed by atoms with Crippen LogP contribution in [0, 0.1) is 6.92 Å². The molecule has 50 heavy (non-hydrogen) atoms. The highest BCUT2D eigenvalue weighted by Gasteiger charge is 2.26. The zero-order valence-corrected chi connectivity index (χ0v) is 30.6. The number of aromatic nitrogens is 2. The third-order valence-electron chi connectivity index (χ3n) is 8.56. The van der Waals surface area contributed by atoms with E-state index in [0.717, 1.165) is 55.4 Å². The molecule has 2 N–H and O–H groups in total. The van der Waals surface area contributed by atoms with E-state index in [1.54, 1.807) is 30.0 Å². The number of quaternary nitrogens is 1. The first-order valence-corrected chi connectivity index (χ1v) is 18.2. The highest BCUT2D eigenvalue weighted by Crippen LogP contribution is 2.42. The summed E-state index contributed by atoms with van der Waals surface area (Å²) in [4.78, 5) is 41.2. The van der Waals surface area contributed by atoms with Crippen LogP contribution in [0.15, 0.2) is 78.0 Å². The van der Waals surface area contributed by atoms with Crippen LogP contribution in [0.5, 0.6) is 5.75 Å². The minimum atomic E-state index is -1.04. The number of benzene rings is 3. The van der Waals surface area contributed by atoms with Crippen molar-refractivity contribution in [2.75, 3.05) is 51.5 Å². The number of amides is 2. The van der Waals surface area contributed by atoms with Gasteiger partial charge < -0.3 is 24.5 Å². The van der Waals surface area contributed by atoms with E-state index in [2.05, 4.69) is 31.6 Å². The Morgan fingerprint density at radius 2 is 1.86 bits per heavy atom. The van der Waals surface area contributed by atoms with E-state index >= 15 is 0 Å². The van der Waals surface area contributed by atoms with Crippen LogP contribution in [-0.4, -0.2) is 89.8 Å². The number of anilines is 1. The van der Waals surface area contributed by atoms with E-state index in [0.29, 0.717) is 56.0 Å². The molecule has 2 amide bonds. The molecule has 1 aromatic heterocycles. The molecule has 3 aromatic carbocycles. The quantitative estimate of drug-likeness (QED) is 0.106. The molecule has 0 fully saturated rings. The minimum Gasteiger partial charge on any atom is -0.493 e. The molecule has 2 heterocycles. The summed E-state index contributed by atoms with van der Waals surface area (Å²) in [5, 5.41) is 17.6. The minimum absolute atomic E-state index is 0.0635. The Hall–Kier alpha value is -4.32. The molecular formula is C38H45ClN5O5S+. The van der Waals surface area contributed by atoms with Gasteiger partial charge in [0.15, 0.2) is 0 Å². The standard InChI is InChI=1S/C38H44ClN5O5S/c1-26-31(39)13-7-16-34(26)49-20-9-17-35(45)43-18-21-50-36-30(12-6-15-33(36)43)29-23-40-42(25-29)24-27-10-5-11-28(22-27)37(46)41-32(38(47)48)14-8-19-44(2,3)4/h5-7,10-13,15-16,22-23,25,32H,8-9,14,17-21,24H2,1-4H3,(H-,41,46,47,48)/p+1. The average Bonchev–Trinajstić information content (AvgIpc) is 3.54. The Bertz CT molecular complexity index is 1840. The van der Waals surface area contributed by atoms with Gasteiger partial charge in [-0.3, -0.25) is 14.3 Å². The number of carbonyl (C=O) groups excluding carboxylic acids is 2. The van der Waals surface area contributed by atoms with E-state index in [9.17, 15) is 19.5 Å². The molecule has 1 unspecified atom stereocenters. The predicted molar refractivity (Wildman–Crippen MR) is 198 cm³/mol. The summed E-state index contributed by atoms with van der Waals surface area (Å²) in [5.74, 6) is 0.132. The van der Waals surface area contributed by atoms with Gasteiger partial charge in [-0.15, -0.1) is 11.8 Å². The van der Waals surface area contributed by atoms with Gasteiger partial charge in [0, 0.05) is 57.1 Å². The number of nitrogens with one attached hydrogen (secondary N) is 1. The average molecular weight is 719 g/mol. The van der Waals surface area contributed by atoms with E-state index in [-0.39, 0.29) is 5.91 Å². The van der Waals surface area contributed by atoms with Gasteiger partial charge in [0.05, 0.1) is 52.7 Å². The number of fused-ring (bicyclic) bond motifs is 1. The van der Waals surface area contributed by atoms with E-state index in [1.165, 1.54) is 0 Å². The topological polar surface area (TPSA) is 114 Å². The molecule has 1 atom stereocenters. The summed E-state index contributed by atoms with van der Waals surface area (Å²) in [5.41, 5.74) is 4.99. The van der Waals surface area contributed by atoms with Crippen molar-refractivity contribution < 1.29 is 28.7 Å². The lowest BCUT2D eigenvalue weighted by atomic mass is 10.1. The molecule has 0 spiro atoms. The van der Waals surface area contributed by atoms with Gasteiger partial charge in [-0.1, -0.05) is 41.9 Å². The lowest BCUT2D eigenvalue weighted by Crippen LogP contribution is -2.42. The van der Waals surface area contributed by atoms with Gasteiger partial charge in [0.25, 0.3) is 5.91 Å². The molecule has 0 bridgehead atoms. The van der Waals surface area contributed by atoms with Crippen LogP contribution in [-0.2, 0) is 16.1 Å². The first kappa shape index (κ1) is 36.9. The van der Waals surface area contributed by atoms with Crippen LogP contribution in [0.2, 0.25) is 5.02 Å². The van der Waals surface area contributed by atoms with E-state index in [1.807, 2.05) is 71.4 Å². The van der Waals surface area contributed by atoms with Crippen molar-refractivity contribution in [1.82, 2.24) is 15.1 Å². The lowest BCUT2D eigenvalue weighted by Gasteiger charge is -2.30. The zero-order chi connectivity index (χ0) is 35.8. The van der Waals surface area contributed by atoms with Crippen molar-refractivity contribution in [3.63, 3.8) is 0 Å². The van der Waals surface area contributed by atoms with Crippen molar-refractivity contribution in [2.45, 2.75) is 50.1 Å². The van der Waals surface area contributed by atoms with Crippen LogP contribution in [0.3, 0.4) is 0 Å². The van der Waals surface area contributed by atoms with Crippen molar-refractivity contribution in [3.05, 3.63) is 94.8 Å². The Kier molecular flexibility index (Phi) is 12.3. The second-order valence-corrected chi connectivity index (χ2v) is 15.0. The number of ether oxygens (including phenoxy) is 1. The Labute approximate surface area is 303 Å². The second-order valence-electron chi connectivity index (χ2n) is 13.5. The number of carboxylic acids is 1. The maximum Gasteiger partial charge on any atom is 0.326 e. The largest absolute Gasteiger partial charge is 0.493 e. The number of thioether (sulfide) groups is 1. The van der Waals surface area contributed by atoms with Gasteiger partial charge >= 0.3 is 5.97 Å². The molecule has 5 rings (SSSR count). The molecule has 10 nitrogen and oxygen atoms in total. The van der Waals surface area contributed by atoms with Crippen LogP contribution >= 0.6 is 23.4 Å². The van der Waals surface area contributed by atoms with Crippen molar-refractivity contribution in [1.29, 1.82) is 0 Å². The van der Waals surface area contributed by atoms with Crippen LogP contribution < -0.4 is 15.0 Å². The van der Waals surface area contributed by atoms with Crippen molar-refractivity contribution in [2.24, 2.45) is 0 Å². The summed E-state index contributed by atoms with van der Waals surface area (Å²) in [6.45, 7) is 4.22. The first-order valence-electron chi connectivity index (χ1n) is 16.8. The number of carboxylic acid groups (broad SMARTS) is 1. The Balaban J connectivity index is 1.21. The monoisotopic (exact) mass is 718 g/mol. The number of hydrogen-bond donors (Lipinski definition) is 2. The zero-order valence-electron chi connectivity index (χ0n) is 29.0. The predicted octanol–water partition coefficient (Wildman–Crippen LogP) is 6.53. The highest BCUT2D eigenvalue weighted by atomic mass is 35.5. The van der Waals surface area contributed by atoms with Crippen LogP contribution in [0.4, 0.5) is 5.69 Å². The first-order chi connectivity index (χ1) is 23.9. The number of rotatable bonds is 15. The molecule has 1 aliphatic heterocycles. The van der Waals surface area contributed by atoms with Gasteiger partial charge in [-0.25, -0.2) is 4.79 Å². The smallest absolute Gasteiger partial charge is 0.326 e. The lowest BCUT2D eigenvalue weighted by molar-refractivity contribution is -0.870. The molecule has 4 aromatic rings. The van der Waals surface area contributed by atoms with Gasteiger partial charge in [0.2, 0.25) is 5.91 Å². The Morgan fingerprint density at radius 3 is 2.64 bits per heavy atom. The maximum atomic E-state index is 13.4.